The molecule has 0 bridgehead atoms. The number of rotatable bonds is 4. The van der Waals surface area contributed by atoms with Gasteiger partial charge in [-0.3, -0.25) is 0 Å². The molecule has 1 N–H and O–H groups in total. The molecule has 0 radical (unpaired) electrons. The highest BCUT2D eigenvalue weighted by Gasteiger charge is 2.20. The smallest absolute Gasteiger partial charge is 0.131 e. The highest BCUT2D eigenvalue weighted by atomic mass is 79.9. The number of hydrogen-bond acceptors (Lipinski definition) is 3. The number of anilines is 1. The second-order valence-corrected chi connectivity index (χ2v) is 5.82. The van der Waals surface area contributed by atoms with Crippen molar-refractivity contribution < 1.29 is 0 Å². The summed E-state index contributed by atoms with van der Waals surface area (Å²) in [6.45, 7) is 5.46. The van der Waals surface area contributed by atoms with Gasteiger partial charge in [-0.2, -0.15) is 0 Å². The Kier molecular flexibility index (Phi) is 4.37. The Balaban J connectivity index is 1.92. The molecule has 1 aliphatic rings. The molecule has 0 aliphatic heterocycles. The summed E-state index contributed by atoms with van der Waals surface area (Å²) in [7, 11) is 0. The SMILES string of the molecule is CCc1nc(Br)cc(NCC2CCC(C)C2)n1. The second kappa shape index (κ2) is 5.80. The molecule has 0 amide bonds. The Morgan fingerprint density at radius 3 is 2.88 bits per heavy atom. The van der Waals surface area contributed by atoms with Gasteiger partial charge in [-0.05, 0) is 40.6 Å². The first-order valence-electron chi connectivity index (χ1n) is 6.44. The molecule has 0 aromatic carbocycles. The van der Waals surface area contributed by atoms with Crippen LogP contribution in [-0.2, 0) is 6.42 Å². The van der Waals surface area contributed by atoms with Crippen molar-refractivity contribution in [2.75, 3.05) is 11.9 Å². The maximum absolute atomic E-state index is 4.48. The van der Waals surface area contributed by atoms with E-state index in [0.717, 1.165) is 41.0 Å². The van der Waals surface area contributed by atoms with Gasteiger partial charge in [0, 0.05) is 19.0 Å². The first kappa shape index (κ1) is 12.8. The van der Waals surface area contributed by atoms with Gasteiger partial charge in [0.25, 0.3) is 0 Å². The van der Waals surface area contributed by atoms with Crippen molar-refractivity contribution in [3.8, 4) is 0 Å². The lowest BCUT2D eigenvalue weighted by molar-refractivity contribution is 0.536. The molecule has 1 saturated carbocycles. The van der Waals surface area contributed by atoms with Crippen LogP contribution < -0.4 is 5.32 Å². The molecule has 1 aromatic rings. The van der Waals surface area contributed by atoms with Crippen LogP contribution in [0.1, 0.15) is 38.9 Å². The Hall–Kier alpha value is -0.640. The summed E-state index contributed by atoms with van der Waals surface area (Å²) in [6.07, 6.45) is 4.94. The zero-order valence-corrected chi connectivity index (χ0v) is 12.1. The first-order chi connectivity index (χ1) is 8.17. The monoisotopic (exact) mass is 297 g/mol. The van der Waals surface area contributed by atoms with Crippen LogP contribution in [0.25, 0.3) is 0 Å². The molecule has 1 fully saturated rings. The van der Waals surface area contributed by atoms with Crippen LogP contribution in [0.5, 0.6) is 0 Å². The molecule has 17 heavy (non-hydrogen) atoms. The highest BCUT2D eigenvalue weighted by molar-refractivity contribution is 9.10. The normalized spacial score (nSPS) is 23.9. The molecule has 1 aliphatic carbocycles. The van der Waals surface area contributed by atoms with E-state index in [-0.39, 0.29) is 0 Å². The number of nitrogens with one attached hydrogen (secondary N) is 1. The maximum Gasteiger partial charge on any atom is 0.131 e. The fraction of sp³-hybridized carbons (Fsp3) is 0.692. The topological polar surface area (TPSA) is 37.8 Å². The van der Waals surface area contributed by atoms with E-state index in [1.54, 1.807) is 0 Å². The van der Waals surface area contributed by atoms with E-state index in [1.807, 2.05) is 6.07 Å². The zero-order chi connectivity index (χ0) is 12.3. The summed E-state index contributed by atoms with van der Waals surface area (Å²) in [5.41, 5.74) is 0. The van der Waals surface area contributed by atoms with E-state index in [0.29, 0.717) is 0 Å². The predicted molar refractivity (Wildman–Crippen MR) is 74.1 cm³/mol. The van der Waals surface area contributed by atoms with Crippen molar-refractivity contribution >= 4 is 21.7 Å². The Morgan fingerprint density at radius 1 is 1.41 bits per heavy atom. The fourth-order valence-electron chi connectivity index (χ4n) is 2.47. The molecule has 3 nitrogen and oxygen atoms in total. The molecule has 0 spiro atoms. The lowest BCUT2D eigenvalue weighted by Gasteiger charge is -2.12. The van der Waals surface area contributed by atoms with E-state index in [9.17, 15) is 0 Å². The van der Waals surface area contributed by atoms with E-state index < -0.39 is 0 Å². The number of halogens is 1. The number of hydrogen-bond donors (Lipinski definition) is 1. The molecule has 94 valence electrons. The highest BCUT2D eigenvalue weighted by Crippen LogP contribution is 2.30. The predicted octanol–water partition coefficient (Wildman–Crippen LogP) is 3.65. The van der Waals surface area contributed by atoms with Crippen LogP contribution in [0.2, 0.25) is 0 Å². The van der Waals surface area contributed by atoms with Gasteiger partial charge in [-0.15, -0.1) is 0 Å². The molecular formula is C13H20BrN3. The molecule has 1 aromatic heterocycles. The Bertz CT molecular complexity index is 381. The van der Waals surface area contributed by atoms with Gasteiger partial charge in [0.15, 0.2) is 0 Å². The van der Waals surface area contributed by atoms with E-state index in [2.05, 4.69) is 45.1 Å². The van der Waals surface area contributed by atoms with Crippen LogP contribution in [0, 0.1) is 11.8 Å². The fourth-order valence-corrected chi connectivity index (χ4v) is 2.89. The molecule has 4 heteroatoms. The molecule has 2 unspecified atom stereocenters. The molecule has 0 saturated heterocycles. The van der Waals surface area contributed by atoms with Crippen LogP contribution in [0.4, 0.5) is 5.82 Å². The summed E-state index contributed by atoms with van der Waals surface area (Å²) in [6, 6.07) is 1.96. The van der Waals surface area contributed by atoms with E-state index in [1.165, 1.54) is 19.3 Å². The van der Waals surface area contributed by atoms with Gasteiger partial charge in [0.2, 0.25) is 0 Å². The van der Waals surface area contributed by atoms with Gasteiger partial charge in [-0.1, -0.05) is 20.3 Å². The largest absolute Gasteiger partial charge is 0.370 e. The van der Waals surface area contributed by atoms with Crippen LogP contribution in [0.15, 0.2) is 10.7 Å². The van der Waals surface area contributed by atoms with Crippen LogP contribution in [0.3, 0.4) is 0 Å². The summed E-state index contributed by atoms with van der Waals surface area (Å²) < 4.78 is 0.867. The van der Waals surface area contributed by atoms with Crippen molar-refractivity contribution in [2.45, 2.75) is 39.5 Å². The quantitative estimate of drug-likeness (QED) is 0.862. The number of aromatic nitrogens is 2. The minimum atomic E-state index is 0.809. The summed E-state index contributed by atoms with van der Waals surface area (Å²) in [4.78, 5) is 8.79. The molecule has 2 atom stereocenters. The molecular weight excluding hydrogens is 278 g/mol. The number of nitrogens with zero attached hydrogens (tertiary/aromatic N) is 2. The van der Waals surface area contributed by atoms with Crippen molar-refractivity contribution in [3.63, 3.8) is 0 Å². The lowest BCUT2D eigenvalue weighted by atomic mass is 10.1. The third-order valence-electron chi connectivity index (χ3n) is 3.43. The summed E-state index contributed by atoms with van der Waals surface area (Å²) >= 11 is 3.43. The van der Waals surface area contributed by atoms with Crippen LogP contribution in [-0.4, -0.2) is 16.5 Å². The zero-order valence-electron chi connectivity index (χ0n) is 10.5. The Labute approximate surface area is 112 Å². The average molecular weight is 298 g/mol. The summed E-state index contributed by atoms with van der Waals surface area (Å²) in [5.74, 6) is 3.54. The van der Waals surface area contributed by atoms with E-state index >= 15 is 0 Å². The molecule has 1 heterocycles. The first-order valence-corrected chi connectivity index (χ1v) is 7.24. The second-order valence-electron chi connectivity index (χ2n) is 5.01. The van der Waals surface area contributed by atoms with Crippen molar-refractivity contribution in [1.29, 1.82) is 0 Å². The average Bonchev–Trinajstić information content (AvgIpc) is 2.72. The third-order valence-corrected chi connectivity index (χ3v) is 3.84. The number of aryl methyl sites for hydroxylation is 1. The summed E-state index contributed by atoms with van der Waals surface area (Å²) in [5, 5.41) is 3.44. The molecule has 2 rings (SSSR count). The Morgan fingerprint density at radius 2 is 2.24 bits per heavy atom. The van der Waals surface area contributed by atoms with Crippen molar-refractivity contribution in [1.82, 2.24) is 9.97 Å². The lowest BCUT2D eigenvalue weighted by Crippen LogP contribution is -2.13. The van der Waals surface area contributed by atoms with Crippen LogP contribution >= 0.6 is 15.9 Å². The van der Waals surface area contributed by atoms with Gasteiger partial charge < -0.3 is 5.32 Å². The van der Waals surface area contributed by atoms with E-state index in [4.69, 9.17) is 0 Å². The maximum atomic E-state index is 4.48. The minimum Gasteiger partial charge on any atom is -0.370 e. The third kappa shape index (κ3) is 3.66. The van der Waals surface area contributed by atoms with Crippen molar-refractivity contribution in [2.24, 2.45) is 11.8 Å². The van der Waals surface area contributed by atoms with Gasteiger partial charge >= 0.3 is 0 Å². The minimum absolute atomic E-state index is 0.809. The van der Waals surface area contributed by atoms with Gasteiger partial charge in [0.05, 0.1) is 0 Å². The standard InChI is InChI=1S/C13H20BrN3/c1-3-12-16-11(14)7-13(17-12)15-8-10-5-4-9(2)6-10/h7,9-10H,3-6,8H2,1-2H3,(H,15,16,17). The van der Waals surface area contributed by atoms with Gasteiger partial charge in [-0.25, -0.2) is 9.97 Å². The van der Waals surface area contributed by atoms with Crippen molar-refractivity contribution in [3.05, 3.63) is 16.5 Å². The van der Waals surface area contributed by atoms with Gasteiger partial charge in [0.1, 0.15) is 16.2 Å².